The van der Waals surface area contributed by atoms with Crippen molar-refractivity contribution in [1.29, 1.82) is 0 Å². The predicted molar refractivity (Wildman–Crippen MR) is 72.0 cm³/mol. The highest BCUT2D eigenvalue weighted by Gasteiger charge is 2.16. The van der Waals surface area contributed by atoms with E-state index >= 15 is 0 Å². The summed E-state index contributed by atoms with van der Waals surface area (Å²) >= 11 is 0. The lowest BCUT2D eigenvalue weighted by Crippen LogP contribution is -2.35. The fourth-order valence-electron chi connectivity index (χ4n) is 0.767. The molecule has 0 spiro atoms. The number of hydrogen-bond acceptors (Lipinski definition) is 4. The van der Waals surface area contributed by atoms with Crippen molar-refractivity contribution >= 4 is 15.9 Å². The molecule has 5 nitrogen and oxygen atoms in total. The Kier molecular flexibility index (Phi) is 9.11. The zero-order valence-electron chi connectivity index (χ0n) is 11.7. The fourth-order valence-corrected chi connectivity index (χ4v) is 1.47. The van der Waals surface area contributed by atoms with Gasteiger partial charge in [0.05, 0.1) is 5.75 Å². The van der Waals surface area contributed by atoms with Gasteiger partial charge in [0.1, 0.15) is 5.60 Å². The lowest BCUT2D eigenvalue weighted by Gasteiger charge is -2.19. The van der Waals surface area contributed by atoms with E-state index in [-0.39, 0.29) is 19.5 Å². The summed E-state index contributed by atoms with van der Waals surface area (Å²) < 4.78 is 27.1. The van der Waals surface area contributed by atoms with Crippen LogP contribution in [0.3, 0.4) is 0 Å². The normalized spacial score (nSPS) is 11.2. The van der Waals surface area contributed by atoms with Gasteiger partial charge in [-0.1, -0.05) is 20.8 Å². The van der Waals surface area contributed by atoms with Crippen molar-refractivity contribution in [2.24, 2.45) is 0 Å². The van der Waals surface area contributed by atoms with E-state index in [1.165, 1.54) is 0 Å². The van der Waals surface area contributed by atoms with Gasteiger partial charge in [-0.05, 0) is 20.8 Å². The summed E-state index contributed by atoms with van der Waals surface area (Å²) in [7, 11) is -3.03. The van der Waals surface area contributed by atoms with Crippen LogP contribution in [0.2, 0.25) is 0 Å². The van der Waals surface area contributed by atoms with Crippen LogP contribution >= 0.6 is 0 Å². The van der Waals surface area contributed by atoms with Crippen LogP contribution in [0.25, 0.3) is 0 Å². The Morgan fingerprint density at radius 3 is 2.12 bits per heavy atom. The van der Waals surface area contributed by atoms with Crippen LogP contribution in [0.1, 0.15) is 43.0 Å². The van der Waals surface area contributed by atoms with Gasteiger partial charge in [0, 0.05) is 13.7 Å². The van der Waals surface area contributed by atoms with E-state index in [1.807, 2.05) is 13.8 Å². The van der Waals surface area contributed by atoms with E-state index in [1.54, 1.807) is 27.7 Å². The number of sulfone groups is 1. The zero-order chi connectivity index (χ0) is 14.1. The molecule has 0 unspecified atom stereocenters. The van der Waals surface area contributed by atoms with Crippen molar-refractivity contribution in [3.8, 4) is 0 Å². The van der Waals surface area contributed by atoms with Crippen molar-refractivity contribution in [2.45, 2.75) is 47.1 Å². The maximum atomic E-state index is 11.1. The molecule has 0 aromatic carbocycles. The molecule has 0 fully saturated rings. The quantitative estimate of drug-likeness (QED) is 0.849. The molecule has 0 saturated heterocycles. The van der Waals surface area contributed by atoms with Gasteiger partial charge >= 0.3 is 6.09 Å². The number of hydrogen-bond donors (Lipinski definition) is 1. The first-order valence-corrected chi connectivity index (χ1v) is 7.66. The minimum Gasteiger partial charge on any atom is -0.444 e. The number of nitrogens with one attached hydrogen (secondary N) is 1. The van der Waals surface area contributed by atoms with Crippen LogP contribution in [-0.4, -0.2) is 38.2 Å². The summed E-state index contributed by atoms with van der Waals surface area (Å²) in [6, 6.07) is 0. The summed E-state index contributed by atoms with van der Waals surface area (Å²) in [6.45, 7) is 10.9. The van der Waals surface area contributed by atoms with Gasteiger partial charge in [0.2, 0.25) is 0 Å². The van der Waals surface area contributed by atoms with Gasteiger partial charge in [-0.3, -0.25) is 0 Å². The fraction of sp³-hybridized carbons (Fsp3) is 0.909. The van der Waals surface area contributed by atoms with Crippen molar-refractivity contribution in [3.05, 3.63) is 0 Å². The van der Waals surface area contributed by atoms with Crippen LogP contribution in [0.15, 0.2) is 0 Å². The first-order chi connectivity index (χ1) is 7.66. The summed E-state index contributed by atoms with van der Waals surface area (Å²) in [6.07, 6.45) is -0.589. The number of carbonyl (C=O) groups excluding carboxylic acids is 1. The molecular formula is C11H27NO4S. The van der Waals surface area contributed by atoms with Crippen molar-refractivity contribution in [3.63, 3.8) is 0 Å². The number of alkyl carbamates (subject to hydrolysis) is 1. The molecule has 0 rings (SSSR count). The standard InChI is InChI=1S/C9H19NO4S.C2H6.H2/c1-5-15(12,13)7-6-10-8(11)14-9(2,3)4;1-2;/h5-7H2,1-4H3,(H,10,11);1-2H3;1H. The Hall–Kier alpha value is -0.780. The van der Waals surface area contributed by atoms with Crippen molar-refractivity contribution < 1.29 is 19.4 Å². The second-order valence-corrected chi connectivity index (χ2v) is 6.64. The number of carbonyl (C=O) groups is 1. The Labute approximate surface area is 106 Å². The van der Waals surface area contributed by atoms with E-state index in [9.17, 15) is 13.2 Å². The average Bonchev–Trinajstić information content (AvgIpc) is 2.18. The molecule has 17 heavy (non-hydrogen) atoms. The third-order valence-corrected chi connectivity index (χ3v) is 3.23. The number of amides is 1. The third-order valence-electron chi connectivity index (χ3n) is 1.52. The van der Waals surface area contributed by atoms with E-state index < -0.39 is 21.5 Å². The monoisotopic (exact) mass is 269 g/mol. The molecule has 1 N–H and O–H groups in total. The van der Waals surface area contributed by atoms with Crippen LogP contribution in [0, 0.1) is 0 Å². The third kappa shape index (κ3) is 13.2. The van der Waals surface area contributed by atoms with Gasteiger partial charge in [-0.15, -0.1) is 0 Å². The summed E-state index contributed by atoms with van der Waals surface area (Å²) in [5.41, 5.74) is -0.562. The first kappa shape index (κ1) is 18.6. The van der Waals surface area contributed by atoms with Gasteiger partial charge in [0.25, 0.3) is 0 Å². The number of ether oxygens (including phenoxy) is 1. The highest BCUT2D eigenvalue weighted by molar-refractivity contribution is 7.91. The molecule has 1 amide bonds. The molecule has 0 saturated carbocycles. The molecule has 0 atom stereocenters. The SMILES string of the molecule is CC.CCS(=O)(=O)CCNC(=O)OC(C)(C)C.[HH]. The van der Waals surface area contributed by atoms with E-state index in [0.29, 0.717) is 0 Å². The minimum atomic E-state index is -3.03. The van der Waals surface area contributed by atoms with Crippen molar-refractivity contribution in [1.82, 2.24) is 5.32 Å². The number of rotatable bonds is 4. The van der Waals surface area contributed by atoms with E-state index in [4.69, 9.17) is 4.74 Å². The summed E-state index contributed by atoms with van der Waals surface area (Å²) in [5.74, 6) is 0.0335. The van der Waals surface area contributed by atoms with Crippen LogP contribution in [-0.2, 0) is 14.6 Å². The molecule has 0 aliphatic heterocycles. The largest absolute Gasteiger partial charge is 0.444 e. The smallest absolute Gasteiger partial charge is 0.407 e. The van der Waals surface area contributed by atoms with E-state index in [0.717, 1.165) is 0 Å². The van der Waals surface area contributed by atoms with Crippen LogP contribution in [0.5, 0.6) is 0 Å². The van der Waals surface area contributed by atoms with Gasteiger partial charge in [-0.25, -0.2) is 13.2 Å². The second kappa shape index (κ2) is 8.33. The van der Waals surface area contributed by atoms with Crippen molar-refractivity contribution in [2.75, 3.05) is 18.1 Å². The maximum absolute atomic E-state index is 11.1. The van der Waals surface area contributed by atoms with Crippen LogP contribution in [0.4, 0.5) is 4.79 Å². The van der Waals surface area contributed by atoms with Crippen LogP contribution < -0.4 is 5.32 Å². The first-order valence-electron chi connectivity index (χ1n) is 5.83. The van der Waals surface area contributed by atoms with Gasteiger partial charge in [0.15, 0.2) is 9.84 Å². The minimum absolute atomic E-state index is 0. The summed E-state index contributed by atoms with van der Waals surface area (Å²) in [4.78, 5) is 11.1. The summed E-state index contributed by atoms with van der Waals surface area (Å²) in [5, 5.41) is 2.39. The Bertz CT molecular complexity index is 309. The predicted octanol–water partition coefficient (Wildman–Crippen LogP) is 2.22. The lowest BCUT2D eigenvalue weighted by atomic mass is 10.2. The second-order valence-electron chi connectivity index (χ2n) is 4.17. The van der Waals surface area contributed by atoms with Gasteiger partial charge in [-0.2, -0.15) is 0 Å². The topological polar surface area (TPSA) is 72.5 Å². The Balaban J connectivity index is -0.000000709. The average molecular weight is 269 g/mol. The molecular weight excluding hydrogens is 242 g/mol. The zero-order valence-corrected chi connectivity index (χ0v) is 12.5. The molecule has 0 aromatic heterocycles. The lowest BCUT2D eigenvalue weighted by molar-refractivity contribution is 0.0531. The van der Waals surface area contributed by atoms with E-state index in [2.05, 4.69) is 5.32 Å². The molecule has 0 aliphatic rings. The highest BCUT2D eigenvalue weighted by atomic mass is 32.2. The molecule has 0 aromatic rings. The molecule has 0 bridgehead atoms. The highest BCUT2D eigenvalue weighted by Crippen LogP contribution is 2.06. The maximum Gasteiger partial charge on any atom is 0.407 e. The molecule has 6 heteroatoms. The molecule has 0 radical (unpaired) electrons. The molecule has 106 valence electrons. The van der Waals surface area contributed by atoms with Gasteiger partial charge < -0.3 is 10.1 Å². The Morgan fingerprint density at radius 2 is 1.76 bits per heavy atom. The molecule has 0 heterocycles. The molecule has 0 aliphatic carbocycles. The Morgan fingerprint density at radius 1 is 1.29 bits per heavy atom.